The van der Waals surface area contributed by atoms with E-state index in [-0.39, 0.29) is 5.78 Å². The Kier molecular flexibility index (Phi) is 3.88. The van der Waals surface area contributed by atoms with E-state index in [1.165, 1.54) is 0 Å². The van der Waals surface area contributed by atoms with Crippen LogP contribution in [-0.2, 0) is 4.79 Å². The van der Waals surface area contributed by atoms with Crippen molar-refractivity contribution in [1.82, 2.24) is 0 Å². The first-order chi connectivity index (χ1) is 7.47. The normalized spacial score (nSPS) is 10.8. The molecule has 0 heterocycles. The van der Waals surface area contributed by atoms with E-state index >= 15 is 0 Å². The van der Waals surface area contributed by atoms with E-state index in [0.29, 0.717) is 0 Å². The number of ketones is 1. The predicted molar refractivity (Wildman–Crippen MR) is 66.9 cm³/mol. The summed E-state index contributed by atoms with van der Waals surface area (Å²) in [6.07, 6.45) is 3.47. The number of carbonyl (C=O) groups excluding carboxylic acids is 1. The maximum Gasteiger partial charge on any atom is 0.152 e. The molecule has 0 atom stereocenters. The second kappa shape index (κ2) is 4.97. The monoisotopic (exact) mass is 218 g/mol. The molecule has 0 aromatic heterocycles. The van der Waals surface area contributed by atoms with Gasteiger partial charge in [0.1, 0.15) is 5.75 Å². The molecule has 0 radical (unpaired) electrons. The second-order valence-electron chi connectivity index (χ2n) is 4.00. The van der Waals surface area contributed by atoms with E-state index in [9.17, 15) is 4.79 Å². The second-order valence-corrected chi connectivity index (χ2v) is 4.00. The van der Waals surface area contributed by atoms with Gasteiger partial charge in [-0.2, -0.15) is 0 Å². The average Bonchev–Trinajstić information content (AvgIpc) is 2.22. The minimum absolute atomic E-state index is 0.0623. The highest BCUT2D eigenvalue weighted by Crippen LogP contribution is 2.28. The molecule has 0 spiro atoms. The number of allylic oxidation sites excluding steroid dienone is 1. The van der Waals surface area contributed by atoms with Crippen LogP contribution in [0.4, 0.5) is 0 Å². The molecule has 16 heavy (non-hydrogen) atoms. The quantitative estimate of drug-likeness (QED) is 0.728. The van der Waals surface area contributed by atoms with Crippen LogP contribution in [0.3, 0.4) is 0 Å². The summed E-state index contributed by atoms with van der Waals surface area (Å²) in [6.45, 7) is 7.65. The lowest BCUT2D eigenvalue weighted by Crippen LogP contribution is -1.96. The zero-order valence-corrected chi connectivity index (χ0v) is 10.5. The van der Waals surface area contributed by atoms with Gasteiger partial charge in [-0.1, -0.05) is 6.08 Å². The number of carbonyl (C=O) groups is 1. The first-order valence-electron chi connectivity index (χ1n) is 5.30. The molecule has 0 saturated carbocycles. The number of methoxy groups -OCH3 is 1. The summed E-state index contributed by atoms with van der Waals surface area (Å²) < 4.78 is 5.30. The Bertz CT molecular complexity index is 443. The molecule has 0 fully saturated rings. The molecule has 2 heteroatoms. The molecule has 0 unspecified atom stereocenters. The summed E-state index contributed by atoms with van der Waals surface area (Å²) >= 11 is 0. The van der Waals surface area contributed by atoms with Crippen LogP contribution in [0.25, 0.3) is 6.08 Å². The Labute approximate surface area is 96.9 Å². The van der Waals surface area contributed by atoms with Gasteiger partial charge < -0.3 is 4.74 Å². The molecule has 0 amide bonds. The minimum atomic E-state index is 0.0623. The van der Waals surface area contributed by atoms with Crippen LogP contribution in [0, 0.1) is 20.8 Å². The summed E-state index contributed by atoms with van der Waals surface area (Å²) in [7, 11) is 1.67. The van der Waals surface area contributed by atoms with Crippen molar-refractivity contribution in [3.05, 3.63) is 34.4 Å². The van der Waals surface area contributed by atoms with Gasteiger partial charge in [0.2, 0.25) is 0 Å². The molecule has 0 saturated heterocycles. The van der Waals surface area contributed by atoms with Crippen molar-refractivity contribution in [1.29, 1.82) is 0 Å². The maximum absolute atomic E-state index is 10.9. The highest BCUT2D eigenvalue weighted by Gasteiger charge is 2.08. The molecule has 0 aliphatic heterocycles. The van der Waals surface area contributed by atoms with Crippen molar-refractivity contribution < 1.29 is 9.53 Å². The third-order valence-electron chi connectivity index (χ3n) is 2.81. The summed E-state index contributed by atoms with van der Waals surface area (Å²) in [5.74, 6) is 0.960. The molecule has 1 aromatic rings. The van der Waals surface area contributed by atoms with Crippen LogP contribution in [0.2, 0.25) is 0 Å². The Balaban J connectivity index is 3.30. The number of hydrogen-bond donors (Lipinski definition) is 0. The van der Waals surface area contributed by atoms with E-state index in [1.54, 1.807) is 20.1 Å². The van der Waals surface area contributed by atoms with E-state index in [0.717, 1.165) is 28.0 Å². The number of rotatable bonds is 3. The standard InChI is InChI=1S/C14H18O2/c1-9-8-14(16-5)12(4)11(3)13(9)7-6-10(2)15/h6-8H,1-5H3/b7-6-. The third kappa shape index (κ3) is 2.51. The Morgan fingerprint density at radius 1 is 1.25 bits per heavy atom. The van der Waals surface area contributed by atoms with Crippen LogP contribution in [0.5, 0.6) is 5.75 Å². The summed E-state index contributed by atoms with van der Waals surface area (Å²) in [5.41, 5.74) is 4.51. The average molecular weight is 218 g/mol. The zero-order chi connectivity index (χ0) is 12.3. The molecule has 2 nitrogen and oxygen atoms in total. The molecule has 0 aliphatic rings. The van der Waals surface area contributed by atoms with Gasteiger partial charge in [0.05, 0.1) is 7.11 Å². The van der Waals surface area contributed by atoms with Gasteiger partial charge in [-0.15, -0.1) is 0 Å². The van der Waals surface area contributed by atoms with E-state index in [2.05, 4.69) is 0 Å². The first kappa shape index (κ1) is 12.5. The molecule has 0 bridgehead atoms. The summed E-state index contributed by atoms with van der Waals surface area (Å²) in [4.78, 5) is 10.9. The fraction of sp³-hybridized carbons (Fsp3) is 0.357. The molecule has 1 aromatic carbocycles. The number of aryl methyl sites for hydroxylation is 1. The van der Waals surface area contributed by atoms with Gasteiger partial charge in [-0.25, -0.2) is 0 Å². The molecule has 0 aliphatic carbocycles. The van der Waals surface area contributed by atoms with E-state index in [4.69, 9.17) is 4.74 Å². The molecule has 0 N–H and O–H groups in total. The fourth-order valence-electron chi connectivity index (χ4n) is 1.73. The Hall–Kier alpha value is -1.57. The largest absolute Gasteiger partial charge is 0.496 e. The highest BCUT2D eigenvalue weighted by atomic mass is 16.5. The van der Waals surface area contributed by atoms with Crippen molar-refractivity contribution in [2.45, 2.75) is 27.7 Å². The number of hydrogen-bond acceptors (Lipinski definition) is 2. The molecular formula is C14H18O2. The van der Waals surface area contributed by atoms with Crippen molar-refractivity contribution in [3.8, 4) is 5.75 Å². The molecular weight excluding hydrogens is 200 g/mol. The highest BCUT2D eigenvalue weighted by molar-refractivity contribution is 5.92. The summed E-state index contributed by atoms with van der Waals surface area (Å²) in [5, 5.41) is 0. The smallest absolute Gasteiger partial charge is 0.152 e. The van der Waals surface area contributed by atoms with Crippen molar-refractivity contribution in [2.75, 3.05) is 7.11 Å². The SMILES string of the molecule is COc1cc(C)c(/C=C\C(C)=O)c(C)c1C. The van der Waals surface area contributed by atoms with Crippen molar-refractivity contribution in [3.63, 3.8) is 0 Å². The maximum atomic E-state index is 10.9. The van der Waals surface area contributed by atoms with Gasteiger partial charge in [0, 0.05) is 0 Å². The predicted octanol–water partition coefficient (Wildman–Crippen LogP) is 3.22. The van der Waals surface area contributed by atoms with E-state index < -0.39 is 0 Å². The van der Waals surface area contributed by atoms with Crippen LogP contribution in [0.1, 0.15) is 29.2 Å². The fourth-order valence-corrected chi connectivity index (χ4v) is 1.73. The Morgan fingerprint density at radius 3 is 2.38 bits per heavy atom. The van der Waals surface area contributed by atoms with Crippen LogP contribution < -0.4 is 4.74 Å². The van der Waals surface area contributed by atoms with Gasteiger partial charge in [0.15, 0.2) is 5.78 Å². The molecule has 1 rings (SSSR count). The van der Waals surface area contributed by atoms with Crippen molar-refractivity contribution >= 4 is 11.9 Å². The van der Waals surface area contributed by atoms with Crippen LogP contribution in [-0.4, -0.2) is 12.9 Å². The zero-order valence-electron chi connectivity index (χ0n) is 10.5. The third-order valence-corrected chi connectivity index (χ3v) is 2.81. The van der Waals surface area contributed by atoms with Crippen LogP contribution in [0.15, 0.2) is 12.1 Å². The van der Waals surface area contributed by atoms with Gasteiger partial charge in [-0.05, 0) is 62.1 Å². The van der Waals surface area contributed by atoms with Gasteiger partial charge in [0.25, 0.3) is 0 Å². The molecule has 86 valence electrons. The lowest BCUT2D eigenvalue weighted by molar-refractivity contribution is -0.112. The van der Waals surface area contributed by atoms with Crippen LogP contribution >= 0.6 is 0 Å². The van der Waals surface area contributed by atoms with E-state index in [1.807, 2.05) is 32.9 Å². The van der Waals surface area contributed by atoms with Gasteiger partial charge in [-0.3, -0.25) is 4.79 Å². The topological polar surface area (TPSA) is 26.3 Å². The first-order valence-corrected chi connectivity index (χ1v) is 5.30. The van der Waals surface area contributed by atoms with Gasteiger partial charge >= 0.3 is 0 Å². The van der Waals surface area contributed by atoms with Crippen molar-refractivity contribution in [2.24, 2.45) is 0 Å². The lowest BCUT2D eigenvalue weighted by atomic mass is 9.97. The summed E-state index contributed by atoms with van der Waals surface area (Å²) in [6, 6.07) is 2.00. The minimum Gasteiger partial charge on any atom is -0.496 e. The Morgan fingerprint density at radius 2 is 1.88 bits per heavy atom. The number of benzene rings is 1. The number of ether oxygens (including phenoxy) is 1. The lowest BCUT2D eigenvalue weighted by Gasteiger charge is -2.13.